The van der Waals surface area contributed by atoms with Crippen molar-refractivity contribution in [2.45, 2.75) is 57.5 Å². The van der Waals surface area contributed by atoms with Crippen molar-refractivity contribution in [3.05, 3.63) is 28.2 Å². The van der Waals surface area contributed by atoms with Gasteiger partial charge in [-0.3, -0.25) is 9.59 Å². The summed E-state index contributed by atoms with van der Waals surface area (Å²) in [5, 5.41) is 16.1. The summed E-state index contributed by atoms with van der Waals surface area (Å²) >= 11 is 0. The van der Waals surface area contributed by atoms with Crippen LogP contribution >= 0.6 is 0 Å². The zero-order valence-electron chi connectivity index (χ0n) is 12.7. The van der Waals surface area contributed by atoms with Crippen LogP contribution in [-0.4, -0.2) is 32.3 Å². The fourth-order valence-electron chi connectivity index (χ4n) is 2.77. The standard InChI is InChI=1S/C15H21N3O4/c1-2-10-18-12(19)7-6-11(17-18)13(20)16-15(14(21)22)8-4-3-5-9-15/h6-7H,2-5,8-10H2,1H3,(H,16,20)(H,21,22). The van der Waals surface area contributed by atoms with Crippen molar-refractivity contribution < 1.29 is 14.7 Å². The molecule has 1 heterocycles. The van der Waals surface area contributed by atoms with Crippen LogP contribution in [0.4, 0.5) is 0 Å². The van der Waals surface area contributed by atoms with Crippen molar-refractivity contribution in [1.82, 2.24) is 15.1 Å². The molecule has 0 aliphatic heterocycles. The van der Waals surface area contributed by atoms with Gasteiger partial charge in [-0.1, -0.05) is 26.2 Å². The summed E-state index contributed by atoms with van der Waals surface area (Å²) in [6.07, 6.45) is 4.08. The zero-order valence-corrected chi connectivity index (χ0v) is 12.7. The molecule has 1 aromatic heterocycles. The third-order valence-electron chi connectivity index (χ3n) is 4.00. The molecule has 0 unspecified atom stereocenters. The summed E-state index contributed by atoms with van der Waals surface area (Å²) in [4.78, 5) is 35.5. The highest BCUT2D eigenvalue weighted by atomic mass is 16.4. The van der Waals surface area contributed by atoms with E-state index in [2.05, 4.69) is 10.4 Å². The van der Waals surface area contributed by atoms with E-state index in [-0.39, 0.29) is 11.3 Å². The molecule has 2 N–H and O–H groups in total. The van der Waals surface area contributed by atoms with Crippen LogP contribution in [0.15, 0.2) is 16.9 Å². The predicted octanol–water partition coefficient (Wildman–Crippen LogP) is 1.17. The molecule has 1 saturated carbocycles. The Kier molecular flexibility index (Phi) is 4.95. The van der Waals surface area contributed by atoms with Crippen molar-refractivity contribution in [2.24, 2.45) is 0 Å². The van der Waals surface area contributed by atoms with E-state index >= 15 is 0 Å². The number of rotatable bonds is 5. The number of carboxylic acids is 1. The van der Waals surface area contributed by atoms with Crippen molar-refractivity contribution in [2.75, 3.05) is 0 Å². The number of hydrogen-bond donors (Lipinski definition) is 2. The number of amides is 1. The number of nitrogens with one attached hydrogen (secondary N) is 1. The molecule has 0 spiro atoms. The van der Waals surface area contributed by atoms with Crippen LogP contribution in [0.25, 0.3) is 0 Å². The molecule has 0 radical (unpaired) electrons. The summed E-state index contributed by atoms with van der Waals surface area (Å²) in [5.41, 5.74) is -1.42. The highest BCUT2D eigenvalue weighted by Gasteiger charge is 2.41. The minimum Gasteiger partial charge on any atom is -0.480 e. The molecule has 1 aliphatic rings. The molecule has 120 valence electrons. The number of nitrogens with zero attached hydrogens (tertiary/aromatic N) is 2. The molecule has 2 rings (SSSR count). The first-order valence-corrected chi connectivity index (χ1v) is 7.62. The highest BCUT2D eigenvalue weighted by molar-refractivity contribution is 5.96. The number of aromatic nitrogens is 2. The molecule has 1 aliphatic carbocycles. The van der Waals surface area contributed by atoms with E-state index in [1.54, 1.807) is 0 Å². The maximum absolute atomic E-state index is 12.3. The number of aryl methyl sites for hydroxylation is 1. The van der Waals surface area contributed by atoms with Crippen LogP contribution in [0.2, 0.25) is 0 Å². The van der Waals surface area contributed by atoms with Crippen LogP contribution in [0.1, 0.15) is 55.9 Å². The van der Waals surface area contributed by atoms with Gasteiger partial charge in [0.15, 0.2) is 0 Å². The Morgan fingerprint density at radius 1 is 1.32 bits per heavy atom. The van der Waals surface area contributed by atoms with Gasteiger partial charge in [-0.05, 0) is 25.3 Å². The van der Waals surface area contributed by atoms with Gasteiger partial charge in [0.1, 0.15) is 11.2 Å². The molecule has 1 aromatic rings. The minimum absolute atomic E-state index is 0.0687. The molecule has 0 saturated heterocycles. The van der Waals surface area contributed by atoms with Gasteiger partial charge in [0, 0.05) is 12.6 Å². The van der Waals surface area contributed by atoms with Gasteiger partial charge in [-0.15, -0.1) is 0 Å². The van der Waals surface area contributed by atoms with E-state index in [4.69, 9.17) is 0 Å². The first-order chi connectivity index (χ1) is 10.5. The Labute approximate surface area is 128 Å². The van der Waals surface area contributed by atoms with Gasteiger partial charge >= 0.3 is 5.97 Å². The Balaban J connectivity index is 2.22. The third kappa shape index (κ3) is 3.35. The van der Waals surface area contributed by atoms with Gasteiger partial charge in [0.05, 0.1) is 0 Å². The van der Waals surface area contributed by atoms with Crippen LogP contribution in [0.3, 0.4) is 0 Å². The molecular weight excluding hydrogens is 286 g/mol. The average molecular weight is 307 g/mol. The van der Waals surface area contributed by atoms with Crippen LogP contribution in [0.5, 0.6) is 0 Å². The normalized spacial score (nSPS) is 17.0. The lowest BCUT2D eigenvalue weighted by Gasteiger charge is -2.33. The lowest BCUT2D eigenvalue weighted by atomic mass is 9.81. The van der Waals surface area contributed by atoms with Crippen molar-refractivity contribution in [3.8, 4) is 0 Å². The molecule has 1 fully saturated rings. The fourth-order valence-corrected chi connectivity index (χ4v) is 2.77. The van der Waals surface area contributed by atoms with E-state index in [1.807, 2.05) is 6.92 Å². The average Bonchev–Trinajstić information content (AvgIpc) is 2.50. The summed E-state index contributed by atoms with van der Waals surface area (Å²) in [7, 11) is 0. The molecule has 0 atom stereocenters. The second-order valence-electron chi connectivity index (χ2n) is 5.68. The molecule has 7 nitrogen and oxygen atoms in total. The van der Waals surface area contributed by atoms with E-state index < -0.39 is 17.4 Å². The number of aliphatic carboxylic acids is 1. The first-order valence-electron chi connectivity index (χ1n) is 7.62. The predicted molar refractivity (Wildman–Crippen MR) is 79.7 cm³/mol. The Hall–Kier alpha value is -2.18. The lowest BCUT2D eigenvalue weighted by Crippen LogP contribution is -2.55. The molecule has 1 amide bonds. The smallest absolute Gasteiger partial charge is 0.329 e. The van der Waals surface area contributed by atoms with Gasteiger partial charge in [0.2, 0.25) is 0 Å². The molecule has 0 aromatic carbocycles. The van der Waals surface area contributed by atoms with Crippen molar-refractivity contribution >= 4 is 11.9 Å². The van der Waals surface area contributed by atoms with E-state index in [1.165, 1.54) is 16.8 Å². The third-order valence-corrected chi connectivity index (χ3v) is 4.00. The van der Waals surface area contributed by atoms with Gasteiger partial charge in [-0.2, -0.15) is 5.10 Å². The Morgan fingerprint density at radius 2 is 2.00 bits per heavy atom. The molecule has 7 heteroatoms. The molecule has 22 heavy (non-hydrogen) atoms. The Morgan fingerprint density at radius 3 is 2.59 bits per heavy atom. The maximum Gasteiger partial charge on any atom is 0.329 e. The number of carbonyl (C=O) groups excluding carboxylic acids is 1. The highest BCUT2D eigenvalue weighted by Crippen LogP contribution is 2.28. The lowest BCUT2D eigenvalue weighted by molar-refractivity contribution is -0.145. The summed E-state index contributed by atoms with van der Waals surface area (Å²) in [6.45, 7) is 2.33. The van der Waals surface area contributed by atoms with E-state index in [0.717, 1.165) is 25.7 Å². The fraction of sp³-hybridized carbons (Fsp3) is 0.600. The summed E-state index contributed by atoms with van der Waals surface area (Å²) < 4.78 is 1.23. The van der Waals surface area contributed by atoms with Gasteiger partial charge < -0.3 is 10.4 Å². The number of carbonyl (C=O) groups is 2. The van der Waals surface area contributed by atoms with Crippen molar-refractivity contribution in [1.29, 1.82) is 0 Å². The van der Waals surface area contributed by atoms with Crippen molar-refractivity contribution in [3.63, 3.8) is 0 Å². The topological polar surface area (TPSA) is 101 Å². The zero-order chi connectivity index (χ0) is 16.2. The second kappa shape index (κ2) is 6.72. The van der Waals surface area contributed by atoms with Gasteiger partial charge in [0.25, 0.3) is 11.5 Å². The van der Waals surface area contributed by atoms with Crippen LogP contribution in [-0.2, 0) is 11.3 Å². The van der Waals surface area contributed by atoms with Crippen LogP contribution in [0, 0.1) is 0 Å². The molecule has 0 bridgehead atoms. The monoisotopic (exact) mass is 307 g/mol. The quantitative estimate of drug-likeness (QED) is 0.850. The molecular formula is C15H21N3O4. The minimum atomic E-state index is -1.22. The number of carboxylic acid groups (broad SMARTS) is 1. The summed E-state index contributed by atoms with van der Waals surface area (Å²) in [5.74, 6) is -1.56. The van der Waals surface area contributed by atoms with E-state index in [9.17, 15) is 19.5 Å². The first kappa shape index (κ1) is 16.2. The Bertz CT molecular complexity index is 617. The largest absolute Gasteiger partial charge is 0.480 e. The van der Waals surface area contributed by atoms with Gasteiger partial charge in [-0.25, -0.2) is 9.48 Å². The maximum atomic E-state index is 12.3. The summed E-state index contributed by atoms with van der Waals surface area (Å²) in [6, 6.07) is 2.62. The van der Waals surface area contributed by atoms with E-state index in [0.29, 0.717) is 19.4 Å². The number of hydrogen-bond acceptors (Lipinski definition) is 4. The second-order valence-corrected chi connectivity index (χ2v) is 5.68. The van der Waals surface area contributed by atoms with Crippen LogP contribution < -0.4 is 10.9 Å². The SMILES string of the molecule is CCCn1nc(C(=O)NC2(C(=O)O)CCCCC2)ccc1=O.